The highest BCUT2D eigenvalue weighted by Crippen LogP contribution is 2.24. The summed E-state index contributed by atoms with van der Waals surface area (Å²) >= 11 is 0. The average Bonchev–Trinajstić information content (AvgIpc) is 2.96. The quantitative estimate of drug-likeness (QED) is 0.784. The normalized spacial score (nSPS) is 22.6. The lowest BCUT2D eigenvalue weighted by Gasteiger charge is -2.38. The molecule has 1 saturated heterocycles. The van der Waals surface area contributed by atoms with E-state index >= 15 is 0 Å². The minimum absolute atomic E-state index is 0.188. The van der Waals surface area contributed by atoms with Crippen LogP contribution in [0.2, 0.25) is 0 Å². The maximum Gasteiger partial charge on any atom is 0.220 e. The van der Waals surface area contributed by atoms with Crippen LogP contribution in [0.5, 0.6) is 5.75 Å². The summed E-state index contributed by atoms with van der Waals surface area (Å²) in [6.45, 7) is 2.25. The van der Waals surface area contributed by atoms with Gasteiger partial charge in [0, 0.05) is 25.0 Å². The van der Waals surface area contributed by atoms with Crippen molar-refractivity contribution in [3.63, 3.8) is 0 Å². The number of methoxy groups -OCH3 is 1. The SMILES string of the molecule is COc1ccc(CCC(=O)NC2CCCN(C3CCCCCC3)C2)cc1. The van der Waals surface area contributed by atoms with Gasteiger partial charge in [-0.05, 0) is 56.3 Å². The number of piperidine rings is 1. The molecule has 0 aromatic heterocycles. The number of nitrogens with zero attached hydrogens (tertiary/aromatic N) is 1. The first kappa shape index (κ1) is 19.2. The van der Waals surface area contributed by atoms with E-state index in [1.165, 1.54) is 57.1 Å². The molecule has 1 unspecified atom stereocenters. The van der Waals surface area contributed by atoms with Crippen LogP contribution in [-0.2, 0) is 11.2 Å². The molecular weight excluding hydrogens is 324 g/mol. The van der Waals surface area contributed by atoms with Crippen molar-refractivity contribution >= 4 is 5.91 Å². The molecule has 26 heavy (non-hydrogen) atoms. The van der Waals surface area contributed by atoms with Crippen LogP contribution in [0.4, 0.5) is 0 Å². The van der Waals surface area contributed by atoms with Crippen LogP contribution < -0.4 is 10.1 Å². The molecule has 0 bridgehead atoms. The van der Waals surface area contributed by atoms with Crippen LogP contribution in [0.3, 0.4) is 0 Å². The van der Waals surface area contributed by atoms with E-state index in [0.717, 1.165) is 31.2 Å². The van der Waals surface area contributed by atoms with E-state index < -0.39 is 0 Å². The second-order valence-corrected chi connectivity index (χ2v) is 7.90. The van der Waals surface area contributed by atoms with E-state index in [0.29, 0.717) is 12.5 Å². The molecule has 2 aliphatic rings. The number of likely N-dealkylation sites (tertiary alicyclic amines) is 1. The minimum atomic E-state index is 0.188. The van der Waals surface area contributed by atoms with E-state index in [-0.39, 0.29) is 5.91 Å². The highest BCUT2D eigenvalue weighted by molar-refractivity contribution is 5.76. The Bertz CT molecular complexity index is 550. The van der Waals surface area contributed by atoms with E-state index in [1.807, 2.05) is 24.3 Å². The summed E-state index contributed by atoms with van der Waals surface area (Å²) in [4.78, 5) is 15.0. The number of carbonyl (C=O) groups is 1. The number of amides is 1. The molecule has 1 atom stereocenters. The minimum Gasteiger partial charge on any atom is -0.497 e. The second-order valence-electron chi connectivity index (χ2n) is 7.90. The fraction of sp³-hybridized carbons (Fsp3) is 0.682. The molecule has 1 amide bonds. The van der Waals surface area contributed by atoms with Crippen molar-refractivity contribution in [2.24, 2.45) is 0 Å². The standard InChI is InChI=1S/C22H34N2O2/c1-26-21-13-10-18(11-14-21)12-15-22(25)23-19-7-6-16-24(17-19)20-8-4-2-3-5-9-20/h10-11,13-14,19-20H,2-9,12,15-17H2,1H3,(H,23,25). The molecule has 144 valence electrons. The van der Waals surface area contributed by atoms with Crippen molar-refractivity contribution in [1.82, 2.24) is 10.2 Å². The van der Waals surface area contributed by atoms with Crippen molar-refractivity contribution in [3.8, 4) is 5.75 Å². The molecular formula is C22H34N2O2. The fourth-order valence-electron chi connectivity index (χ4n) is 4.43. The van der Waals surface area contributed by atoms with Gasteiger partial charge in [0.25, 0.3) is 0 Å². The first-order chi connectivity index (χ1) is 12.7. The zero-order valence-corrected chi connectivity index (χ0v) is 16.2. The maximum absolute atomic E-state index is 12.4. The van der Waals surface area contributed by atoms with E-state index in [2.05, 4.69) is 10.2 Å². The Balaban J connectivity index is 1.42. The Morgan fingerprint density at radius 1 is 1.08 bits per heavy atom. The topological polar surface area (TPSA) is 41.6 Å². The van der Waals surface area contributed by atoms with Crippen molar-refractivity contribution in [2.45, 2.75) is 76.3 Å². The van der Waals surface area contributed by atoms with Crippen LogP contribution in [0.15, 0.2) is 24.3 Å². The number of ether oxygens (including phenoxy) is 1. The third-order valence-corrected chi connectivity index (χ3v) is 5.96. The predicted octanol–water partition coefficient (Wildman–Crippen LogP) is 3.93. The summed E-state index contributed by atoms with van der Waals surface area (Å²) in [6, 6.07) is 9.07. The fourth-order valence-corrected chi connectivity index (χ4v) is 4.43. The monoisotopic (exact) mass is 358 g/mol. The van der Waals surface area contributed by atoms with E-state index in [4.69, 9.17) is 4.74 Å². The van der Waals surface area contributed by atoms with E-state index in [9.17, 15) is 4.79 Å². The van der Waals surface area contributed by atoms with Crippen molar-refractivity contribution in [2.75, 3.05) is 20.2 Å². The van der Waals surface area contributed by atoms with Gasteiger partial charge in [0.05, 0.1) is 7.11 Å². The Morgan fingerprint density at radius 3 is 2.50 bits per heavy atom. The lowest BCUT2D eigenvalue weighted by Crippen LogP contribution is -2.50. The van der Waals surface area contributed by atoms with Gasteiger partial charge in [-0.15, -0.1) is 0 Å². The van der Waals surface area contributed by atoms with Crippen LogP contribution in [-0.4, -0.2) is 43.1 Å². The van der Waals surface area contributed by atoms with Crippen LogP contribution in [0.1, 0.15) is 63.4 Å². The van der Waals surface area contributed by atoms with Crippen LogP contribution >= 0.6 is 0 Å². The maximum atomic E-state index is 12.4. The van der Waals surface area contributed by atoms with Gasteiger partial charge in [0.15, 0.2) is 0 Å². The van der Waals surface area contributed by atoms with Gasteiger partial charge in [-0.3, -0.25) is 9.69 Å². The summed E-state index contributed by atoms with van der Waals surface area (Å²) in [5.41, 5.74) is 1.18. The number of carbonyl (C=O) groups excluding carboxylic acids is 1. The van der Waals surface area contributed by atoms with Crippen molar-refractivity contribution in [3.05, 3.63) is 29.8 Å². The number of nitrogens with one attached hydrogen (secondary N) is 1. The largest absolute Gasteiger partial charge is 0.497 e. The molecule has 0 radical (unpaired) electrons. The number of hydrogen-bond donors (Lipinski definition) is 1. The number of rotatable bonds is 6. The van der Waals surface area contributed by atoms with Gasteiger partial charge < -0.3 is 10.1 Å². The van der Waals surface area contributed by atoms with Crippen molar-refractivity contribution in [1.29, 1.82) is 0 Å². The third-order valence-electron chi connectivity index (χ3n) is 5.96. The molecule has 2 fully saturated rings. The molecule has 1 aromatic rings. The predicted molar refractivity (Wildman–Crippen MR) is 106 cm³/mol. The Labute approximate surface area is 158 Å². The van der Waals surface area contributed by atoms with Crippen molar-refractivity contribution < 1.29 is 9.53 Å². The van der Waals surface area contributed by atoms with Gasteiger partial charge in [-0.1, -0.05) is 37.8 Å². The Kier molecular flexibility index (Phi) is 7.36. The zero-order chi connectivity index (χ0) is 18.2. The molecule has 3 rings (SSSR count). The Hall–Kier alpha value is -1.55. The van der Waals surface area contributed by atoms with Gasteiger partial charge in [-0.25, -0.2) is 0 Å². The average molecular weight is 359 g/mol. The molecule has 1 aliphatic heterocycles. The summed E-state index contributed by atoms with van der Waals surface area (Å²) in [6.07, 6.45) is 11.9. The first-order valence-corrected chi connectivity index (χ1v) is 10.4. The smallest absolute Gasteiger partial charge is 0.220 e. The number of aryl methyl sites for hydroxylation is 1. The number of hydrogen-bond acceptors (Lipinski definition) is 3. The molecule has 1 N–H and O–H groups in total. The summed E-state index contributed by atoms with van der Waals surface area (Å²) in [7, 11) is 1.67. The van der Waals surface area contributed by atoms with Gasteiger partial charge in [0.2, 0.25) is 5.91 Å². The molecule has 1 aliphatic carbocycles. The zero-order valence-electron chi connectivity index (χ0n) is 16.2. The lowest BCUT2D eigenvalue weighted by molar-refractivity contribution is -0.122. The summed E-state index contributed by atoms with van der Waals surface area (Å²) in [5.74, 6) is 1.05. The number of benzene rings is 1. The molecule has 1 saturated carbocycles. The molecule has 0 spiro atoms. The third kappa shape index (κ3) is 5.73. The summed E-state index contributed by atoms with van der Waals surface area (Å²) in [5, 5.41) is 3.29. The van der Waals surface area contributed by atoms with Gasteiger partial charge in [-0.2, -0.15) is 0 Å². The van der Waals surface area contributed by atoms with E-state index in [1.54, 1.807) is 7.11 Å². The first-order valence-electron chi connectivity index (χ1n) is 10.4. The van der Waals surface area contributed by atoms with Gasteiger partial charge in [0.1, 0.15) is 5.75 Å². The molecule has 4 heteroatoms. The summed E-state index contributed by atoms with van der Waals surface area (Å²) < 4.78 is 5.18. The molecule has 1 heterocycles. The Morgan fingerprint density at radius 2 is 1.81 bits per heavy atom. The lowest BCUT2D eigenvalue weighted by atomic mass is 9.99. The highest BCUT2D eigenvalue weighted by atomic mass is 16.5. The molecule has 1 aromatic carbocycles. The molecule has 4 nitrogen and oxygen atoms in total. The van der Waals surface area contributed by atoms with Crippen LogP contribution in [0.25, 0.3) is 0 Å². The van der Waals surface area contributed by atoms with Gasteiger partial charge >= 0.3 is 0 Å². The highest BCUT2D eigenvalue weighted by Gasteiger charge is 2.27. The second kappa shape index (κ2) is 9.96. The van der Waals surface area contributed by atoms with Crippen LogP contribution in [0, 0.1) is 0 Å².